The molecule has 0 atom stereocenters. The molecular weight excluding hydrogens is 615 g/mol. The van der Waals surface area contributed by atoms with Crippen LogP contribution in [0.1, 0.15) is 282 Å². The van der Waals surface area contributed by atoms with Crippen molar-refractivity contribution in [1.29, 1.82) is 0 Å². The van der Waals surface area contributed by atoms with Crippen molar-refractivity contribution in [1.82, 2.24) is 0 Å². The summed E-state index contributed by atoms with van der Waals surface area (Å²) in [6.07, 6.45) is 61.2. The van der Waals surface area contributed by atoms with Gasteiger partial charge in [0.25, 0.3) is 0 Å². The number of unbranched alkanes of at least 4 members (excludes halogenated alkanes) is 36. The molecule has 1 nitrogen and oxygen atoms in total. The summed E-state index contributed by atoms with van der Waals surface area (Å²) in [6.45, 7) is 8.19. The van der Waals surface area contributed by atoms with Crippen molar-refractivity contribution in [3.8, 4) is 0 Å². The average molecular weight is 711 g/mol. The number of nitrogens with zero attached hydrogens (tertiary/aromatic N) is 1. The zero-order valence-electron chi connectivity index (χ0n) is 35.9. The van der Waals surface area contributed by atoms with Gasteiger partial charge in [-0.3, -0.25) is 0 Å². The van der Waals surface area contributed by atoms with E-state index in [1.165, 1.54) is 270 Å². The monoisotopic (exact) mass is 711 g/mol. The molecule has 0 amide bonds. The molecule has 51 heavy (non-hydrogen) atoms. The van der Waals surface area contributed by atoms with Crippen LogP contribution in [-0.4, -0.2) is 0 Å². The van der Waals surface area contributed by atoms with Gasteiger partial charge in [-0.15, -0.1) is 0 Å². The Morgan fingerprint density at radius 3 is 0.922 bits per heavy atom. The van der Waals surface area contributed by atoms with Gasteiger partial charge in [-0.2, -0.15) is 0 Å². The number of aromatic nitrogens is 1. The van der Waals surface area contributed by atoms with Crippen molar-refractivity contribution in [2.45, 2.75) is 291 Å². The van der Waals surface area contributed by atoms with Crippen LogP contribution in [0, 0.1) is 0 Å². The summed E-state index contributed by atoms with van der Waals surface area (Å²) in [5.74, 6) is 0. The van der Waals surface area contributed by atoms with Crippen LogP contribution < -0.4 is 4.57 Å². The quantitative estimate of drug-likeness (QED) is 0.0470. The first kappa shape index (κ1) is 48.2. The highest BCUT2D eigenvalue weighted by molar-refractivity contribution is 5.16. The smallest absolute Gasteiger partial charge is 0.184 e. The predicted molar refractivity (Wildman–Crippen MR) is 231 cm³/mol. The second-order valence-electron chi connectivity index (χ2n) is 16.9. The molecule has 0 N–H and O–H groups in total. The lowest BCUT2D eigenvalue weighted by Gasteiger charge is -2.11. The van der Waals surface area contributed by atoms with E-state index in [9.17, 15) is 0 Å². The van der Waals surface area contributed by atoms with Crippen molar-refractivity contribution in [3.05, 3.63) is 29.6 Å². The molecule has 0 spiro atoms. The molecule has 0 unspecified atom stereocenters. The Morgan fingerprint density at radius 1 is 0.314 bits per heavy atom. The van der Waals surface area contributed by atoms with Gasteiger partial charge in [0, 0.05) is 24.5 Å². The van der Waals surface area contributed by atoms with Crippen molar-refractivity contribution >= 4 is 0 Å². The predicted octanol–water partition coefficient (Wildman–Crippen LogP) is 17.3. The largest absolute Gasteiger partial charge is 0.202 e. The summed E-state index contributed by atoms with van der Waals surface area (Å²) in [5.41, 5.74) is 3.37. The maximum atomic E-state index is 2.69. The number of pyridine rings is 1. The maximum Gasteiger partial charge on any atom is 0.184 e. The second kappa shape index (κ2) is 40.3. The fraction of sp³-hybridized carbons (Fsp3) is 0.900. The Bertz CT molecular complexity index is 798. The van der Waals surface area contributed by atoms with Crippen LogP contribution in [0.15, 0.2) is 18.3 Å². The molecule has 0 saturated carbocycles. The minimum absolute atomic E-state index is 1.23. The van der Waals surface area contributed by atoms with E-state index in [1.807, 2.05) is 0 Å². The lowest BCUT2D eigenvalue weighted by atomic mass is 9.99. The van der Waals surface area contributed by atoms with Gasteiger partial charge in [0.05, 0.1) is 0 Å². The molecule has 0 aliphatic rings. The van der Waals surface area contributed by atoms with E-state index >= 15 is 0 Å². The van der Waals surface area contributed by atoms with E-state index in [-0.39, 0.29) is 0 Å². The summed E-state index contributed by atoms with van der Waals surface area (Å²) < 4.78 is 2.69. The average Bonchev–Trinajstić information content (AvgIpc) is 3.14. The highest BCUT2D eigenvalue weighted by Gasteiger charge is 2.15. The summed E-state index contributed by atoms with van der Waals surface area (Å²) >= 11 is 0. The van der Waals surface area contributed by atoms with Gasteiger partial charge in [0.15, 0.2) is 11.9 Å². The lowest BCUT2D eigenvalue weighted by molar-refractivity contribution is -0.705. The van der Waals surface area contributed by atoms with Crippen LogP contribution in [0.3, 0.4) is 0 Å². The standard InChI is InChI=1S/C50H96N/c1-4-7-10-13-16-19-21-23-25-27-29-31-34-37-40-44-49-45-43-48-51(47-42-39-36-33-18-15-12-9-6-3)50(49)46-41-38-35-32-30-28-26-24-22-20-17-14-11-8-5-2/h43,45,48H,4-42,44,46-47H2,1-3H3/q+1. The fourth-order valence-electron chi connectivity index (χ4n) is 8.32. The summed E-state index contributed by atoms with van der Waals surface area (Å²) in [6, 6.07) is 4.85. The van der Waals surface area contributed by atoms with E-state index in [1.54, 1.807) is 11.3 Å². The summed E-state index contributed by atoms with van der Waals surface area (Å²) in [7, 11) is 0. The molecule has 0 bridgehead atoms. The first-order chi connectivity index (χ1) is 25.3. The zero-order chi connectivity index (χ0) is 36.6. The molecule has 0 saturated heterocycles. The first-order valence-corrected chi connectivity index (χ1v) is 24.3. The van der Waals surface area contributed by atoms with Gasteiger partial charge < -0.3 is 0 Å². The Labute approximate surface area is 323 Å². The van der Waals surface area contributed by atoms with E-state index in [0.717, 1.165) is 0 Å². The highest BCUT2D eigenvalue weighted by atomic mass is 15.0. The Morgan fingerprint density at radius 2 is 0.588 bits per heavy atom. The van der Waals surface area contributed by atoms with E-state index in [2.05, 4.69) is 43.7 Å². The van der Waals surface area contributed by atoms with Gasteiger partial charge in [-0.05, 0) is 31.7 Å². The molecule has 1 aromatic rings. The summed E-state index contributed by atoms with van der Waals surface area (Å²) in [4.78, 5) is 0. The maximum absolute atomic E-state index is 2.69. The molecule has 0 fully saturated rings. The number of hydrogen-bond acceptors (Lipinski definition) is 0. The van der Waals surface area contributed by atoms with Gasteiger partial charge in [0.1, 0.15) is 6.54 Å². The second-order valence-corrected chi connectivity index (χ2v) is 16.9. The van der Waals surface area contributed by atoms with Crippen molar-refractivity contribution in [2.24, 2.45) is 0 Å². The topological polar surface area (TPSA) is 3.88 Å². The van der Waals surface area contributed by atoms with E-state index in [4.69, 9.17) is 0 Å². The molecule has 1 heteroatoms. The van der Waals surface area contributed by atoms with Crippen molar-refractivity contribution in [2.75, 3.05) is 0 Å². The molecular formula is C50H96N+. The SMILES string of the molecule is CCCCCCCCCCCCCCCCCc1ccc[n+](CCCCCCCCCCC)c1CCCCCCCCCCCCCCCCC. The Balaban J connectivity index is 2.31. The summed E-state index contributed by atoms with van der Waals surface area (Å²) in [5, 5.41) is 0. The van der Waals surface area contributed by atoms with Crippen LogP contribution in [-0.2, 0) is 19.4 Å². The molecule has 1 heterocycles. The van der Waals surface area contributed by atoms with Crippen LogP contribution >= 0.6 is 0 Å². The molecule has 0 aliphatic carbocycles. The van der Waals surface area contributed by atoms with E-state index < -0.39 is 0 Å². The lowest BCUT2D eigenvalue weighted by Crippen LogP contribution is -2.39. The fourth-order valence-corrected chi connectivity index (χ4v) is 8.32. The minimum Gasteiger partial charge on any atom is -0.202 e. The number of aryl methyl sites for hydroxylation is 2. The van der Waals surface area contributed by atoms with Gasteiger partial charge >= 0.3 is 0 Å². The Hall–Kier alpha value is -0.850. The van der Waals surface area contributed by atoms with Gasteiger partial charge in [-0.1, -0.05) is 245 Å². The van der Waals surface area contributed by atoms with Crippen LogP contribution in [0.25, 0.3) is 0 Å². The molecule has 300 valence electrons. The van der Waals surface area contributed by atoms with Crippen molar-refractivity contribution in [3.63, 3.8) is 0 Å². The zero-order valence-corrected chi connectivity index (χ0v) is 35.9. The molecule has 1 aromatic heterocycles. The molecule has 1 rings (SSSR count). The van der Waals surface area contributed by atoms with Gasteiger partial charge in [-0.25, -0.2) is 4.57 Å². The molecule has 0 aliphatic heterocycles. The van der Waals surface area contributed by atoms with E-state index in [0.29, 0.717) is 0 Å². The molecule has 0 radical (unpaired) electrons. The third-order valence-electron chi connectivity index (χ3n) is 11.9. The third kappa shape index (κ3) is 32.3. The third-order valence-corrected chi connectivity index (χ3v) is 11.9. The normalized spacial score (nSPS) is 11.6. The van der Waals surface area contributed by atoms with Crippen molar-refractivity contribution < 1.29 is 4.57 Å². The first-order valence-electron chi connectivity index (χ1n) is 24.3. The van der Waals surface area contributed by atoms with Crippen LogP contribution in [0.5, 0.6) is 0 Å². The highest BCUT2D eigenvalue weighted by Crippen LogP contribution is 2.18. The minimum atomic E-state index is 1.23. The number of hydrogen-bond donors (Lipinski definition) is 0. The Kier molecular flexibility index (Phi) is 38.1. The van der Waals surface area contributed by atoms with Gasteiger partial charge in [0.2, 0.25) is 0 Å². The molecule has 0 aromatic carbocycles. The van der Waals surface area contributed by atoms with Crippen LogP contribution in [0.2, 0.25) is 0 Å². The number of rotatable bonds is 42. The van der Waals surface area contributed by atoms with Crippen LogP contribution in [0.4, 0.5) is 0 Å².